The Labute approximate surface area is 137 Å². The van der Waals surface area contributed by atoms with E-state index >= 15 is 0 Å². The third kappa shape index (κ3) is 3.40. The first kappa shape index (κ1) is 15.2. The van der Waals surface area contributed by atoms with E-state index in [0.29, 0.717) is 5.56 Å². The Morgan fingerprint density at radius 3 is 2.48 bits per heavy atom. The quantitative estimate of drug-likeness (QED) is 0.756. The zero-order chi connectivity index (χ0) is 16.2. The number of carboxylic acids is 1. The van der Waals surface area contributed by atoms with Crippen molar-refractivity contribution in [3.8, 4) is 0 Å². The van der Waals surface area contributed by atoms with Crippen LogP contribution in [0.2, 0.25) is 0 Å². The number of benzene rings is 2. The molecule has 2 aromatic carbocycles. The zero-order valence-electron chi connectivity index (χ0n) is 12.2. The molecule has 0 aliphatic carbocycles. The molecule has 0 bridgehead atoms. The molecule has 0 radical (unpaired) electrons. The Balaban J connectivity index is 1.76. The van der Waals surface area contributed by atoms with E-state index in [0.717, 1.165) is 15.6 Å². The van der Waals surface area contributed by atoms with Gasteiger partial charge in [-0.25, -0.2) is 4.79 Å². The second-order valence-electron chi connectivity index (χ2n) is 5.18. The van der Waals surface area contributed by atoms with Crippen LogP contribution in [0.25, 0.3) is 10.1 Å². The summed E-state index contributed by atoms with van der Waals surface area (Å²) in [5.41, 5.74) is 1.48. The van der Waals surface area contributed by atoms with Gasteiger partial charge in [0.2, 0.25) is 5.91 Å². The first-order valence-electron chi connectivity index (χ1n) is 7.17. The summed E-state index contributed by atoms with van der Waals surface area (Å²) in [6.07, 6.45) is 0.167. The summed E-state index contributed by atoms with van der Waals surface area (Å²) in [6, 6.07) is 15.5. The number of hydrogen-bond acceptors (Lipinski definition) is 3. The van der Waals surface area contributed by atoms with Crippen molar-refractivity contribution in [3.63, 3.8) is 0 Å². The number of thiophene rings is 1. The third-order valence-electron chi connectivity index (χ3n) is 3.60. The molecule has 0 aliphatic rings. The van der Waals surface area contributed by atoms with E-state index in [1.807, 2.05) is 35.7 Å². The highest BCUT2D eigenvalue weighted by Crippen LogP contribution is 2.26. The van der Waals surface area contributed by atoms with Crippen molar-refractivity contribution in [1.82, 2.24) is 5.32 Å². The van der Waals surface area contributed by atoms with E-state index in [-0.39, 0.29) is 12.3 Å². The topological polar surface area (TPSA) is 66.4 Å². The van der Waals surface area contributed by atoms with Gasteiger partial charge in [-0.15, -0.1) is 11.3 Å². The van der Waals surface area contributed by atoms with Crippen LogP contribution in [0.15, 0.2) is 60.0 Å². The average Bonchev–Trinajstić information content (AvgIpc) is 2.96. The fraction of sp³-hybridized carbons (Fsp3) is 0.111. The van der Waals surface area contributed by atoms with Crippen LogP contribution in [-0.2, 0) is 16.0 Å². The van der Waals surface area contributed by atoms with Crippen molar-refractivity contribution in [2.24, 2.45) is 0 Å². The van der Waals surface area contributed by atoms with Crippen molar-refractivity contribution in [2.45, 2.75) is 12.5 Å². The molecule has 0 saturated carbocycles. The van der Waals surface area contributed by atoms with Crippen molar-refractivity contribution in [1.29, 1.82) is 0 Å². The lowest BCUT2D eigenvalue weighted by atomic mass is 10.1. The molecule has 23 heavy (non-hydrogen) atoms. The predicted molar refractivity (Wildman–Crippen MR) is 90.5 cm³/mol. The van der Waals surface area contributed by atoms with Gasteiger partial charge in [-0.05, 0) is 28.0 Å². The van der Waals surface area contributed by atoms with Crippen LogP contribution in [0.5, 0.6) is 0 Å². The first-order valence-corrected chi connectivity index (χ1v) is 8.05. The van der Waals surface area contributed by atoms with Gasteiger partial charge in [0.05, 0.1) is 6.42 Å². The number of fused-ring (bicyclic) bond motifs is 1. The van der Waals surface area contributed by atoms with Crippen molar-refractivity contribution >= 4 is 33.3 Å². The summed E-state index contributed by atoms with van der Waals surface area (Å²) >= 11 is 1.58. The highest BCUT2D eigenvalue weighted by molar-refractivity contribution is 7.17. The second-order valence-corrected chi connectivity index (χ2v) is 6.09. The molecule has 0 fully saturated rings. The van der Waals surface area contributed by atoms with E-state index < -0.39 is 12.0 Å². The Kier molecular flexibility index (Phi) is 4.39. The lowest BCUT2D eigenvalue weighted by molar-refractivity contribution is -0.141. The molecule has 5 heteroatoms. The molecule has 1 unspecified atom stereocenters. The van der Waals surface area contributed by atoms with Gasteiger partial charge in [-0.2, -0.15) is 0 Å². The molecular formula is C18H15NO3S. The molecular weight excluding hydrogens is 310 g/mol. The maximum absolute atomic E-state index is 12.3. The van der Waals surface area contributed by atoms with E-state index in [4.69, 9.17) is 0 Å². The number of hydrogen-bond donors (Lipinski definition) is 2. The molecule has 1 amide bonds. The van der Waals surface area contributed by atoms with Crippen molar-refractivity contribution in [3.05, 3.63) is 71.1 Å². The maximum Gasteiger partial charge on any atom is 0.330 e. The van der Waals surface area contributed by atoms with Crippen molar-refractivity contribution < 1.29 is 14.7 Å². The Morgan fingerprint density at radius 1 is 1.04 bits per heavy atom. The van der Waals surface area contributed by atoms with Crippen LogP contribution in [0.4, 0.5) is 0 Å². The number of carbonyl (C=O) groups excluding carboxylic acids is 1. The molecule has 2 N–H and O–H groups in total. The minimum atomic E-state index is -1.07. The Morgan fingerprint density at radius 2 is 1.74 bits per heavy atom. The lowest BCUT2D eigenvalue weighted by Gasteiger charge is -2.14. The molecule has 1 aromatic heterocycles. The SMILES string of the molecule is O=C(Cc1csc2ccccc12)NC(C(=O)O)c1ccccc1. The fourth-order valence-electron chi connectivity index (χ4n) is 2.49. The minimum Gasteiger partial charge on any atom is -0.479 e. The molecule has 3 rings (SSSR count). The molecule has 0 aliphatic heterocycles. The number of carbonyl (C=O) groups is 2. The van der Waals surface area contributed by atoms with E-state index in [9.17, 15) is 14.7 Å². The Bertz CT molecular complexity index is 842. The monoisotopic (exact) mass is 325 g/mol. The number of amides is 1. The fourth-order valence-corrected chi connectivity index (χ4v) is 3.45. The predicted octanol–water partition coefficient (Wildman–Crippen LogP) is 3.39. The lowest BCUT2D eigenvalue weighted by Crippen LogP contribution is -2.34. The van der Waals surface area contributed by atoms with Gasteiger partial charge in [0.15, 0.2) is 6.04 Å². The smallest absolute Gasteiger partial charge is 0.330 e. The van der Waals surface area contributed by atoms with Gasteiger partial charge in [-0.3, -0.25) is 4.79 Å². The van der Waals surface area contributed by atoms with E-state index in [1.54, 1.807) is 35.6 Å². The van der Waals surface area contributed by atoms with Gasteiger partial charge in [0, 0.05) is 4.70 Å². The van der Waals surface area contributed by atoms with Gasteiger partial charge in [0.1, 0.15) is 0 Å². The normalized spacial score (nSPS) is 12.0. The van der Waals surface area contributed by atoms with E-state index in [2.05, 4.69) is 5.32 Å². The van der Waals surface area contributed by atoms with Gasteiger partial charge >= 0.3 is 5.97 Å². The van der Waals surface area contributed by atoms with E-state index in [1.165, 1.54) is 0 Å². The second kappa shape index (κ2) is 6.62. The summed E-state index contributed by atoms with van der Waals surface area (Å²) in [7, 11) is 0. The molecule has 1 atom stereocenters. The number of rotatable bonds is 5. The third-order valence-corrected chi connectivity index (χ3v) is 4.61. The van der Waals surface area contributed by atoms with Gasteiger partial charge in [-0.1, -0.05) is 48.5 Å². The number of aliphatic carboxylic acids is 1. The summed E-state index contributed by atoms with van der Waals surface area (Å²) in [6.45, 7) is 0. The summed E-state index contributed by atoms with van der Waals surface area (Å²) in [4.78, 5) is 23.7. The van der Waals surface area contributed by atoms with Crippen LogP contribution in [-0.4, -0.2) is 17.0 Å². The Hall–Kier alpha value is -2.66. The van der Waals surface area contributed by atoms with Crippen molar-refractivity contribution in [2.75, 3.05) is 0 Å². The highest BCUT2D eigenvalue weighted by Gasteiger charge is 2.22. The summed E-state index contributed by atoms with van der Waals surface area (Å²) in [5.74, 6) is -1.37. The first-order chi connectivity index (χ1) is 11.1. The van der Waals surface area contributed by atoms with Crippen LogP contribution >= 0.6 is 11.3 Å². The zero-order valence-corrected chi connectivity index (χ0v) is 13.0. The van der Waals surface area contributed by atoms with Gasteiger partial charge in [0.25, 0.3) is 0 Å². The summed E-state index contributed by atoms with van der Waals surface area (Å²) < 4.78 is 1.12. The van der Waals surface area contributed by atoms with Gasteiger partial charge < -0.3 is 10.4 Å². The highest BCUT2D eigenvalue weighted by atomic mass is 32.1. The van der Waals surface area contributed by atoms with Crippen LogP contribution in [0, 0.1) is 0 Å². The number of carboxylic acid groups (broad SMARTS) is 1. The summed E-state index contributed by atoms with van der Waals surface area (Å²) in [5, 5.41) is 15.0. The average molecular weight is 325 g/mol. The molecule has 1 heterocycles. The molecule has 4 nitrogen and oxygen atoms in total. The standard InChI is InChI=1S/C18H15NO3S/c20-16(10-13-11-23-15-9-5-4-8-14(13)15)19-17(18(21)22)12-6-2-1-3-7-12/h1-9,11,17H,10H2,(H,19,20)(H,21,22). The largest absolute Gasteiger partial charge is 0.479 e. The van der Waals surface area contributed by atoms with Crippen LogP contribution in [0.3, 0.4) is 0 Å². The van der Waals surface area contributed by atoms with Crippen LogP contribution in [0.1, 0.15) is 17.2 Å². The molecule has 0 saturated heterocycles. The maximum atomic E-state index is 12.3. The van der Waals surface area contributed by atoms with Crippen LogP contribution < -0.4 is 5.32 Å². The molecule has 0 spiro atoms. The molecule has 3 aromatic rings. The number of nitrogens with one attached hydrogen (secondary N) is 1. The molecule has 116 valence electrons. The minimum absolute atomic E-state index is 0.167.